The van der Waals surface area contributed by atoms with Gasteiger partial charge in [0.25, 0.3) is 0 Å². The van der Waals surface area contributed by atoms with E-state index >= 15 is 0 Å². The summed E-state index contributed by atoms with van der Waals surface area (Å²) >= 11 is 0. The molecular weight excluding hydrogens is 134 g/mol. The first kappa shape index (κ1) is 10.2. The molecule has 1 nitrogen and oxygen atoms in total. The van der Waals surface area contributed by atoms with Crippen molar-refractivity contribution < 1.29 is 0 Å². The van der Waals surface area contributed by atoms with E-state index in [0.717, 1.165) is 11.3 Å². The Hall–Kier alpha value is -0.850. The molecule has 0 unspecified atom stereocenters. The number of hydrogen-bond acceptors (Lipinski definition) is 1. The largest absolute Gasteiger partial charge is 0.293 e. The zero-order valence-electron chi connectivity index (χ0n) is 8.15. The van der Waals surface area contributed by atoms with Gasteiger partial charge in [0.2, 0.25) is 0 Å². The lowest BCUT2D eigenvalue weighted by Gasteiger charge is -2.05. The van der Waals surface area contributed by atoms with E-state index < -0.39 is 0 Å². The van der Waals surface area contributed by atoms with Crippen molar-refractivity contribution in [2.75, 3.05) is 7.05 Å². The summed E-state index contributed by atoms with van der Waals surface area (Å²) in [5.74, 6) is 0. The molecule has 0 aliphatic heterocycles. The molecule has 0 heterocycles. The summed E-state index contributed by atoms with van der Waals surface area (Å²) in [6.45, 7) is 12.1. The van der Waals surface area contributed by atoms with Crippen LogP contribution in [0.2, 0.25) is 0 Å². The normalized spacial score (nSPS) is 14.5. The molecule has 62 valence electrons. The van der Waals surface area contributed by atoms with Gasteiger partial charge in [-0.2, -0.15) is 0 Å². The minimum atomic E-state index is 1.09. The second kappa shape index (κ2) is 4.12. The van der Waals surface area contributed by atoms with E-state index in [1.54, 1.807) is 0 Å². The van der Waals surface area contributed by atoms with Gasteiger partial charge in [0, 0.05) is 12.8 Å². The van der Waals surface area contributed by atoms with E-state index in [0.29, 0.717) is 0 Å². The van der Waals surface area contributed by atoms with Crippen molar-refractivity contribution in [3.8, 4) is 0 Å². The molecule has 0 bridgehead atoms. The van der Waals surface area contributed by atoms with Crippen LogP contribution in [0.4, 0.5) is 0 Å². The molecule has 0 radical (unpaired) electrons. The third-order valence-electron chi connectivity index (χ3n) is 2.08. The van der Waals surface area contributed by atoms with Crippen LogP contribution < -0.4 is 0 Å². The Balaban J connectivity index is 4.81. The summed E-state index contributed by atoms with van der Waals surface area (Å²) in [4.78, 5) is 4.11. The molecule has 0 aromatic carbocycles. The number of allylic oxidation sites excluding steroid dienone is 3. The monoisotopic (exact) mass is 151 g/mol. The van der Waals surface area contributed by atoms with Crippen LogP contribution >= 0.6 is 0 Å². The van der Waals surface area contributed by atoms with E-state index in [9.17, 15) is 0 Å². The van der Waals surface area contributed by atoms with Gasteiger partial charge >= 0.3 is 0 Å². The highest BCUT2D eigenvalue weighted by molar-refractivity contribution is 5.98. The Kier molecular flexibility index (Phi) is 3.80. The number of nitrogens with zero attached hydrogens (tertiary/aromatic N) is 1. The fourth-order valence-corrected chi connectivity index (χ4v) is 0.759. The molecule has 0 amide bonds. The SMILES string of the molecule is C=C(C)/C(C)=C(/C)C(C)=NC. The molecule has 0 aromatic heterocycles. The van der Waals surface area contributed by atoms with Gasteiger partial charge in [-0.25, -0.2) is 0 Å². The first-order valence-electron chi connectivity index (χ1n) is 3.77. The lowest BCUT2D eigenvalue weighted by atomic mass is 10.0. The molecule has 0 aliphatic rings. The Morgan fingerprint density at radius 2 is 1.45 bits per heavy atom. The molecule has 0 saturated heterocycles. The highest BCUT2D eigenvalue weighted by Crippen LogP contribution is 2.12. The van der Waals surface area contributed by atoms with Crippen LogP contribution in [0.1, 0.15) is 27.7 Å². The van der Waals surface area contributed by atoms with E-state index in [1.807, 2.05) is 20.9 Å². The summed E-state index contributed by atoms with van der Waals surface area (Å²) in [5, 5.41) is 0. The van der Waals surface area contributed by atoms with Gasteiger partial charge in [-0.05, 0) is 38.8 Å². The third kappa shape index (κ3) is 2.71. The zero-order valence-corrected chi connectivity index (χ0v) is 8.15. The maximum Gasteiger partial charge on any atom is 0.0345 e. The quantitative estimate of drug-likeness (QED) is 0.425. The minimum Gasteiger partial charge on any atom is -0.293 e. The summed E-state index contributed by atoms with van der Waals surface area (Å²) in [6.07, 6.45) is 0. The number of aliphatic imine (C=N–C) groups is 1. The van der Waals surface area contributed by atoms with E-state index in [1.165, 1.54) is 11.1 Å². The molecular formula is C10H17N. The molecule has 0 atom stereocenters. The molecule has 0 aromatic rings. The fourth-order valence-electron chi connectivity index (χ4n) is 0.759. The summed E-state index contributed by atoms with van der Waals surface area (Å²) in [5.41, 5.74) is 4.68. The van der Waals surface area contributed by atoms with E-state index in [4.69, 9.17) is 0 Å². The minimum absolute atomic E-state index is 1.09. The van der Waals surface area contributed by atoms with Gasteiger partial charge in [0.15, 0.2) is 0 Å². The molecule has 0 aliphatic carbocycles. The Morgan fingerprint density at radius 3 is 1.73 bits per heavy atom. The second-order valence-corrected chi connectivity index (χ2v) is 2.84. The van der Waals surface area contributed by atoms with Crippen molar-refractivity contribution in [3.63, 3.8) is 0 Å². The summed E-state index contributed by atoms with van der Waals surface area (Å²) < 4.78 is 0. The zero-order chi connectivity index (χ0) is 9.02. The van der Waals surface area contributed by atoms with Gasteiger partial charge < -0.3 is 0 Å². The van der Waals surface area contributed by atoms with Crippen LogP contribution in [0.3, 0.4) is 0 Å². The molecule has 0 saturated carbocycles. The Bertz CT molecular complexity index is 219. The first-order chi connectivity index (χ1) is 5.00. The molecule has 0 N–H and O–H groups in total. The highest BCUT2D eigenvalue weighted by Gasteiger charge is 1.99. The van der Waals surface area contributed by atoms with Gasteiger partial charge in [-0.1, -0.05) is 12.2 Å². The van der Waals surface area contributed by atoms with Gasteiger partial charge in [-0.3, -0.25) is 4.99 Å². The predicted molar refractivity (Wildman–Crippen MR) is 52.2 cm³/mol. The first-order valence-corrected chi connectivity index (χ1v) is 3.77. The van der Waals surface area contributed by atoms with Crippen molar-refractivity contribution in [3.05, 3.63) is 23.3 Å². The smallest absolute Gasteiger partial charge is 0.0345 e. The van der Waals surface area contributed by atoms with Crippen LogP contribution in [0.5, 0.6) is 0 Å². The average molecular weight is 151 g/mol. The van der Waals surface area contributed by atoms with Crippen LogP contribution in [0.25, 0.3) is 0 Å². The van der Waals surface area contributed by atoms with Gasteiger partial charge in [0.1, 0.15) is 0 Å². The molecule has 0 spiro atoms. The molecule has 1 heteroatoms. The van der Waals surface area contributed by atoms with E-state index in [2.05, 4.69) is 25.4 Å². The Morgan fingerprint density at radius 1 is 1.00 bits per heavy atom. The van der Waals surface area contributed by atoms with Crippen molar-refractivity contribution in [2.24, 2.45) is 4.99 Å². The van der Waals surface area contributed by atoms with Crippen LogP contribution in [-0.2, 0) is 0 Å². The van der Waals surface area contributed by atoms with Crippen molar-refractivity contribution in [1.82, 2.24) is 0 Å². The van der Waals surface area contributed by atoms with E-state index in [-0.39, 0.29) is 0 Å². The van der Waals surface area contributed by atoms with Crippen LogP contribution in [-0.4, -0.2) is 12.8 Å². The lowest BCUT2D eigenvalue weighted by molar-refractivity contribution is 1.28. The topological polar surface area (TPSA) is 12.4 Å². The van der Waals surface area contributed by atoms with Gasteiger partial charge in [0.05, 0.1) is 0 Å². The van der Waals surface area contributed by atoms with Gasteiger partial charge in [-0.15, -0.1) is 0 Å². The number of rotatable bonds is 2. The lowest BCUT2D eigenvalue weighted by Crippen LogP contribution is -1.96. The van der Waals surface area contributed by atoms with Crippen molar-refractivity contribution in [2.45, 2.75) is 27.7 Å². The predicted octanol–water partition coefficient (Wildman–Crippen LogP) is 2.99. The third-order valence-corrected chi connectivity index (χ3v) is 2.08. The van der Waals surface area contributed by atoms with Crippen molar-refractivity contribution in [1.29, 1.82) is 0 Å². The molecule has 0 rings (SSSR count). The maximum absolute atomic E-state index is 4.11. The second-order valence-electron chi connectivity index (χ2n) is 2.84. The average Bonchev–Trinajstić information content (AvgIpc) is 2.00. The fraction of sp³-hybridized carbons (Fsp3) is 0.500. The molecule has 11 heavy (non-hydrogen) atoms. The van der Waals surface area contributed by atoms with Crippen LogP contribution in [0, 0.1) is 0 Å². The number of hydrogen-bond donors (Lipinski definition) is 0. The Labute approximate surface area is 69.5 Å². The van der Waals surface area contributed by atoms with Crippen molar-refractivity contribution >= 4 is 5.71 Å². The highest BCUT2D eigenvalue weighted by atomic mass is 14.7. The molecule has 0 fully saturated rings. The summed E-state index contributed by atoms with van der Waals surface area (Å²) in [7, 11) is 1.81. The summed E-state index contributed by atoms with van der Waals surface area (Å²) in [6, 6.07) is 0. The standard InChI is InChI=1S/C10H17N/c1-7(2)8(3)9(4)10(5)11-6/h1H2,2-6H3/b9-8-,11-10?. The van der Waals surface area contributed by atoms with Crippen LogP contribution in [0.15, 0.2) is 28.3 Å². The maximum atomic E-state index is 4.11.